The molecule has 7 heteroatoms. The van der Waals surface area contributed by atoms with E-state index in [1.54, 1.807) is 11.3 Å². The smallest absolute Gasteiger partial charge is 0.185 e. The van der Waals surface area contributed by atoms with Crippen molar-refractivity contribution in [1.29, 1.82) is 0 Å². The molecule has 1 N–H and O–H groups in total. The van der Waals surface area contributed by atoms with Gasteiger partial charge in [-0.1, -0.05) is 6.42 Å². The first kappa shape index (κ1) is 16.2. The number of hydrogen-bond acceptors (Lipinski definition) is 6. The van der Waals surface area contributed by atoms with Crippen LogP contribution in [0.5, 0.6) is 0 Å². The number of sulfone groups is 1. The topological polar surface area (TPSA) is 62.3 Å². The summed E-state index contributed by atoms with van der Waals surface area (Å²) in [5.74, 6) is 0. The minimum absolute atomic E-state index is 0.144. The van der Waals surface area contributed by atoms with Gasteiger partial charge in [-0.2, -0.15) is 0 Å². The second kappa shape index (κ2) is 6.84. The van der Waals surface area contributed by atoms with Crippen molar-refractivity contribution in [2.24, 2.45) is 0 Å². The molecule has 1 aromatic heterocycles. The molecular weight excluding hydrogens is 318 g/mol. The predicted molar refractivity (Wildman–Crippen MR) is 91.4 cm³/mol. The third kappa shape index (κ3) is 4.00. The van der Waals surface area contributed by atoms with E-state index in [4.69, 9.17) is 0 Å². The van der Waals surface area contributed by atoms with Crippen LogP contribution in [0.4, 0.5) is 5.13 Å². The number of nitrogens with one attached hydrogen (secondary N) is 1. The Balaban J connectivity index is 1.48. The van der Waals surface area contributed by atoms with Crippen LogP contribution in [0, 0.1) is 0 Å². The average molecular weight is 344 g/mol. The van der Waals surface area contributed by atoms with E-state index in [2.05, 4.69) is 15.2 Å². The SMILES string of the molecule is CS(=O)(=O)C1CCCC(NC2CCN(c3nccs3)CC2)C1. The van der Waals surface area contributed by atoms with Crippen molar-refractivity contribution in [3.63, 3.8) is 0 Å². The van der Waals surface area contributed by atoms with Crippen molar-refractivity contribution < 1.29 is 8.42 Å². The van der Waals surface area contributed by atoms with E-state index in [0.717, 1.165) is 56.7 Å². The Morgan fingerprint density at radius 1 is 1.23 bits per heavy atom. The maximum atomic E-state index is 11.8. The van der Waals surface area contributed by atoms with E-state index >= 15 is 0 Å². The molecule has 0 amide bonds. The van der Waals surface area contributed by atoms with E-state index in [-0.39, 0.29) is 5.25 Å². The lowest BCUT2D eigenvalue weighted by atomic mass is 9.93. The lowest BCUT2D eigenvalue weighted by molar-refractivity contribution is 0.308. The standard InChI is InChI=1S/C15H25N3O2S2/c1-22(19,20)14-4-2-3-13(11-14)17-12-5-8-18(9-6-12)15-16-7-10-21-15/h7,10,12-14,17H,2-6,8-9,11H2,1H3. The van der Waals surface area contributed by atoms with Crippen LogP contribution in [-0.4, -0.2) is 50.1 Å². The minimum atomic E-state index is -2.89. The van der Waals surface area contributed by atoms with Crippen LogP contribution in [0.25, 0.3) is 0 Å². The fourth-order valence-electron chi connectivity index (χ4n) is 3.63. The van der Waals surface area contributed by atoms with Crippen molar-refractivity contribution >= 4 is 26.3 Å². The van der Waals surface area contributed by atoms with Gasteiger partial charge in [0, 0.05) is 43.0 Å². The van der Waals surface area contributed by atoms with Gasteiger partial charge in [0.05, 0.1) is 5.25 Å². The summed E-state index contributed by atoms with van der Waals surface area (Å²) >= 11 is 1.70. The predicted octanol–water partition coefficient (Wildman–Crippen LogP) is 2.06. The van der Waals surface area contributed by atoms with E-state index < -0.39 is 9.84 Å². The molecule has 0 bridgehead atoms. The summed E-state index contributed by atoms with van der Waals surface area (Å²) < 4.78 is 23.5. The average Bonchev–Trinajstić information content (AvgIpc) is 3.02. The van der Waals surface area contributed by atoms with Crippen molar-refractivity contribution in [3.05, 3.63) is 11.6 Å². The van der Waals surface area contributed by atoms with Gasteiger partial charge in [0.25, 0.3) is 0 Å². The summed E-state index contributed by atoms with van der Waals surface area (Å²) in [7, 11) is -2.89. The Hall–Kier alpha value is -0.660. The van der Waals surface area contributed by atoms with Gasteiger partial charge in [-0.15, -0.1) is 11.3 Å². The Morgan fingerprint density at radius 2 is 2.00 bits per heavy atom. The van der Waals surface area contributed by atoms with Gasteiger partial charge in [-0.05, 0) is 32.1 Å². The van der Waals surface area contributed by atoms with Gasteiger partial charge in [0.15, 0.2) is 5.13 Å². The lowest BCUT2D eigenvalue weighted by Crippen LogP contribution is -2.48. The maximum Gasteiger partial charge on any atom is 0.185 e. The van der Waals surface area contributed by atoms with Gasteiger partial charge in [0.1, 0.15) is 9.84 Å². The molecule has 2 unspecified atom stereocenters. The molecule has 5 nitrogen and oxygen atoms in total. The zero-order valence-corrected chi connectivity index (χ0v) is 14.7. The van der Waals surface area contributed by atoms with Crippen LogP contribution in [0.3, 0.4) is 0 Å². The third-order valence-electron chi connectivity index (χ3n) is 4.89. The Bertz CT molecular complexity index is 566. The van der Waals surface area contributed by atoms with Crippen LogP contribution < -0.4 is 10.2 Å². The number of thiazole rings is 1. The summed E-state index contributed by atoms with van der Waals surface area (Å²) in [6, 6.07) is 0.879. The number of rotatable bonds is 4. The molecule has 1 aliphatic heterocycles. The minimum Gasteiger partial charge on any atom is -0.348 e. The molecule has 3 rings (SSSR count). The largest absolute Gasteiger partial charge is 0.348 e. The van der Waals surface area contributed by atoms with Crippen LogP contribution in [0.1, 0.15) is 38.5 Å². The van der Waals surface area contributed by atoms with E-state index in [9.17, 15) is 8.42 Å². The van der Waals surface area contributed by atoms with Crippen LogP contribution >= 0.6 is 11.3 Å². The van der Waals surface area contributed by atoms with Crippen LogP contribution in [0.2, 0.25) is 0 Å². The highest BCUT2D eigenvalue weighted by molar-refractivity contribution is 7.91. The summed E-state index contributed by atoms with van der Waals surface area (Å²) in [6.07, 6.45) is 9.21. The number of nitrogens with zero attached hydrogens (tertiary/aromatic N) is 2. The van der Waals surface area contributed by atoms with E-state index in [1.165, 1.54) is 6.26 Å². The highest BCUT2D eigenvalue weighted by Gasteiger charge is 2.30. The molecule has 1 saturated heterocycles. The van der Waals surface area contributed by atoms with Crippen LogP contribution in [0.15, 0.2) is 11.6 Å². The molecule has 0 radical (unpaired) electrons. The fraction of sp³-hybridized carbons (Fsp3) is 0.800. The number of aromatic nitrogens is 1. The Labute approximate surface area is 137 Å². The zero-order chi connectivity index (χ0) is 15.6. The van der Waals surface area contributed by atoms with E-state index in [0.29, 0.717) is 12.1 Å². The molecule has 1 aliphatic carbocycles. The van der Waals surface area contributed by atoms with Gasteiger partial charge in [-0.3, -0.25) is 0 Å². The van der Waals surface area contributed by atoms with Crippen molar-refractivity contribution in [1.82, 2.24) is 10.3 Å². The molecule has 2 fully saturated rings. The quantitative estimate of drug-likeness (QED) is 0.907. The summed E-state index contributed by atoms with van der Waals surface area (Å²) in [6.45, 7) is 2.07. The number of hydrogen-bond donors (Lipinski definition) is 1. The van der Waals surface area contributed by atoms with Crippen molar-refractivity contribution in [2.75, 3.05) is 24.2 Å². The van der Waals surface area contributed by atoms with Crippen molar-refractivity contribution in [3.8, 4) is 0 Å². The van der Waals surface area contributed by atoms with E-state index in [1.807, 2.05) is 11.6 Å². The molecule has 124 valence electrons. The first-order valence-electron chi connectivity index (χ1n) is 8.12. The molecule has 2 atom stereocenters. The number of anilines is 1. The fourth-order valence-corrected chi connectivity index (χ4v) is 5.50. The lowest BCUT2D eigenvalue weighted by Gasteiger charge is -2.36. The Morgan fingerprint density at radius 3 is 2.64 bits per heavy atom. The first-order chi connectivity index (χ1) is 10.5. The summed E-state index contributed by atoms with van der Waals surface area (Å²) in [5, 5.41) is 6.71. The number of piperidine rings is 1. The molecule has 1 saturated carbocycles. The highest BCUT2D eigenvalue weighted by atomic mass is 32.2. The van der Waals surface area contributed by atoms with Gasteiger partial charge >= 0.3 is 0 Å². The van der Waals surface area contributed by atoms with Crippen molar-refractivity contribution in [2.45, 2.75) is 55.9 Å². The first-order valence-corrected chi connectivity index (χ1v) is 10.9. The third-order valence-corrected chi connectivity index (χ3v) is 7.36. The molecular formula is C15H25N3O2S2. The molecule has 0 spiro atoms. The Kier molecular flexibility index (Phi) is 5.04. The molecule has 22 heavy (non-hydrogen) atoms. The monoisotopic (exact) mass is 343 g/mol. The van der Waals surface area contributed by atoms with Gasteiger partial charge in [0.2, 0.25) is 0 Å². The highest BCUT2D eigenvalue weighted by Crippen LogP contribution is 2.26. The van der Waals surface area contributed by atoms with Gasteiger partial charge in [-0.25, -0.2) is 13.4 Å². The molecule has 2 aliphatic rings. The second-order valence-electron chi connectivity index (χ2n) is 6.56. The summed E-state index contributed by atoms with van der Waals surface area (Å²) in [5.41, 5.74) is 0. The van der Waals surface area contributed by atoms with Crippen LogP contribution in [-0.2, 0) is 9.84 Å². The normalized spacial score (nSPS) is 28.0. The summed E-state index contributed by atoms with van der Waals surface area (Å²) in [4.78, 5) is 6.73. The maximum absolute atomic E-state index is 11.8. The molecule has 0 aromatic carbocycles. The van der Waals surface area contributed by atoms with Gasteiger partial charge < -0.3 is 10.2 Å². The second-order valence-corrected chi connectivity index (χ2v) is 9.76. The molecule has 1 aromatic rings. The molecule has 2 heterocycles. The zero-order valence-electron chi connectivity index (χ0n) is 13.1.